The Balaban J connectivity index is 1.54. The van der Waals surface area contributed by atoms with Gasteiger partial charge in [-0.1, -0.05) is 6.07 Å². The van der Waals surface area contributed by atoms with E-state index < -0.39 is 0 Å². The quantitative estimate of drug-likeness (QED) is 0.901. The summed E-state index contributed by atoms with van der Waals surface area (Å²) in [5.41, 5.74) is 2.31. The number of piperidine rings is 2. The summed E-state index contributed by atoms with van der Waals surface area (Å²) in [6, 6.07) is 7.86. The lowest BCUT2D eigenvalue weighted by atomic mass is 9.72. The molecule has 1 N–H and O–H groups in total. The van der Waals surface area contributed by atoms with Crippen LogP contribution < -0.4 is 10.1 Å². The van der Waals surface area contributed by atoms with E-state index in [4.69, 9.17) is 4.74 Å². The number of rotatable bonds is 4. The van der Waals surface area contributed by atoms with E-state index in [9.17, 15) is 4.79 Å². The first-order valence-electron chi connectivity index (χ1n) is 9.79. The molecule has 2 aliphatic heterocycles. The van der Waals surface area contributed by atoms with E-state index in [0.717, 1.165) is 55.9 Å². The number of ether oxygens (including phenoxy) is 1. The first-order valence-corrected chi connectivity index (χ1v) is 9.79. The molecule has 0 unspecified atom stereocenters. The van der Waals surface area contributed by atoms with Crippen molar-refractivity contribution < 1.29 is 9.53 Å². The molecule has 1 amide bonds. The highest BCUT2D eigenvalue weighted by Gasteiger charge is 2.41. The van der Waals surface area contributed by atoms with E-state index in [1.54, 1.807) is 7.11 Å². The van der Waals surface area contributed by atoms with E-state index in [1.165, 1.54) is 0 Å². The minimum atomic E-state index is 0.0314. The van der Waals surface area contributed by atoms with Crippen LogP contribution in [0.3, 0.4) is 0 Å². The fraction of sp³-hybridized carbons (Fsp3) is 0.524. The standard InChI is InChI=1S/C21H28N4O2/c1-16(24-15-21(7-6-20(24)26)8-10-22-11-9-21)17-13-23-25(14-17)18-4-3-5-19(12-18)27-2/h3-5,12-14,16,22H,6-11,15H2,1-2H3/t16-/m0/s1. The lowest BCUT2D eigenvalue weighted by Crippen LogP contribution is -2.51. The maximum absolute atomic E-state index is 12.7. The third kappa shape index (κ3) is 3.58. The molecule has 4 rings (SSSR count). The number of methoxy groups -OCH3 is 1. The Hall–Kier alpha value is -2.34. The highest BCUT2D eigenvalue weighted by molar-refractivity contribution is 5.77. The van der Waals surface area contributed by atoms with Crippen molar-refractivity contribution in [2.24, 2.45) is 5.41 Å². The van der Waals surface area contributed by atoms with Crippen LogP contribution in [0, 0.1) is 5.41 Å². The van der Waals surface area contributed by atoms with Crippen LogP contribution in [-0.2, 0) is 4.79 Å². The van der Waals surface area contributed by atoms with Crippen LogP contribution in [-0.4, -0.2) is 47.3 Å². The van der Waals surface area contributed by atoms with Gasteiger partial charge in [0.25, 0.3) is 0 Å². The molecule has 1 aromatic heterocycles. The van der Waals surface area contributed by atoms with Gasteiger partial charge in [0.1, 0.15) is 5.75 Å². The van der Waals surface area contributed by atoms with Crippen molar-refractivity contribution in [3.8, 4) is 11.4 Å². The molecule has 0 radical (unpaired) electrons. The maximum Gasteiger partial charge on any atom is 0.223 e. The third-order valence-electron chi connectivity index (χ3n) is 6.23. The first kappa shape index (κ1) is 18.0. The smallest absolute Gasteiger partial charge is 0.223 e. The molecule has 27 heavy (non-hydrogen) atoms. The molecule has 144 valence electrons. The Morgan fingerprint density at radius 2 is 2.07 bits per heavy atom. The number of nitrogens with zero attached hydrogens (tertiary/aromatic N) is 3. The summed E-state index contributed by atoms with van der Waals surface area (Å²) in [5.74, 6) is 1.07. The number of nitrogens with one attached hydrogen (secondary N) is 1. The van der Waals surface area contributed by atoms with Crippen LogP contribution >= 0.6 is 0 Å². The molecule has 2 saturated heterocycles. The zero-order valence-corrected chi connectivity index (χ0v) is 16.1. The second-order valence-electron chi connectivity index (χ2n) is 7.87. The lowest BCUT2D eigenvalue weighted by molar-refractivity contribution is -0.141. The third-order valence-corrected chi connectivity index (χ3v) is 6.23. The van der Waals surface area contributed by atoms with E-state index >= 15 is 0 Å². The number of likely N-dealkylation sites (tertiary alicyclic amines) is 1. The Morgan fingerprint density at radius 1 is 1.26 bits per heavy atom. The Kier molecular flexibility index (Phi) is 4.91. The largest absolute Gasteiger partial charge is 0.497 e. The zero-order valence-electron chi connectivity index (χ0n) is 16.1. The number of hydrogen-bond acceptors (Lipinski definition) is 4. The number of benzene rings is 1. The van der Waals surface area contributed by atoms with Crippen LogP contribution in [0.5, 0.6) is 5.75 Å². The summed E-state index contributed by atoms with van der Waals surface area (Å²) in [6.45, 7) is 5.10. The van der Waals surface area contributed by atoms with Crippen molar-refractivity contribution in [1.82, 2.24) is 20.0 Å². The molecule has 0 aliphatic carbocycles. The molecule has 0 saturated carbocycles. The van der Waals surface area contributed by atoms with Gasteiger partial charge in [-0.05, 0) is 56.8 Å². The lowest BCUT2D eigenvalue weighted by Gasteiger charge is -2.47. The number of aromatic nitrogens is 2. The van der Waals surface area contributed by atoms with Crippen LogP contribution in [0.25, 0.3) is 5.69 Å². The zero-order chi connectivity index (χ0) is 18.9. The van der Waals surface area contributed by atoms with Crippen molar-refractivity contribution in [3.63, 3.8) is 0 Å². The topological polar surface area (TPSA) is 59.4 Å². The highest BCUT2D eigenvalue weighted by Crippen LogP contribution is 2.41. The molecule has 0 bridgehead atoms. The van der Waals surface area contributed by atoms with Gasteiger partial charge in [-0.3, -0.25) is 4.79 Å². The number of amides is 1. The van der Waals surface area contributed by atoms with Gasteiger partial charge in [0.15, 0.2) is 0 Å². The molecule has 6 nitrogen and oxygen atoms in total. The van der Waals surface area contributed by atoms with E-state index in [2.05, 4.69) is 22.2 Å². The molecular weight excluding hydrogens is 340 g/mol. The fourth-order valence-electron chi connectivity index (χ4n) is 4.39. The number of carbonyl (C=O) groups is 1. The Labute approximate surface area is 160 Å². The first-order chi connectivity index (χ1) is 13.1. The summed E-state index contributed by atoms with van der Waals surface area (Å²) in [6.07, 6.45) is 7.91. The minimum Gasteiger partial charge on any atom is -0.497 e. The summed E-state index contributed by atoms with van der Waals surface area (Å²) >= 11 is 0. The Morgan fingerprint density at radius 3 is 2.85 bits per heavy atom. The van der Waals surface area contributed by atoms with Crippen LogP contribution in [0.15, 0.2) is 36.7 Å². The Bertz CT molecular complexity index is 810. The molecule has 1 atom stereocenters. The van der Waals surface area contributed by atoms with Crippen LogP contribution in [0.4, 0.5) is 0 Å². The van der Waals surface area contributed by atoms with Gasteiger partial charge in [-0.15, -0.1) is 0 Å². The van der Waals surface area contributed by atoms with Crippen LogP contribution in [0.1, 0.15) is 44.2 Å². The number of carbonyl (C=O) groups excluding carboxylic acids is 1. The summed E-state index contributed by atoms with van der Waals surface area (Å²) < 4.78 is 7.15. The average molecular weight is 368 g/mol. The molecule has 2 fully saturated rings. The van der Waals surface area contributed by atoms with Crippen molar-refractivity contribution in [2.45, 2.75) is 38.6 Å². The second-order valence-corrected chi connectivity index (χ2v) is 7.87. The SMILES string of the molecule is COc1cccc(-n2cc([C@H](C)N3CC4(CCNCC4)CCC3=O)cn2)c1. The maximum atomic E-state index is 12.7. The molecule has 2 aliphatic rings. The summed E-state index contributed by atoms with van der Waals surface area (Å²) in [5, 5.41) is 7.97. The molecule has 1 spiro atoms. The van der Waals surface area contributed by atoms with Gasteiger partial charge in [0.2, 0.25) is 5.91 Å². The molecule has 6 heteroatoms. The molecule has 1 aromatic carbocycles. The fourth-order valence-corrected chi connectivity index (χ4v) is 4.39. The summed E-state index contributed by atoms with van der Waals surface area (Å²) in [4.78, 5) is 14.7. The number of hydrogen-bond donors (Lipinski definition) is 1. The van der Waals surface area contributed by atoms with E-state index in [-0.39, 0.29) is 17.4 Å². The molecule has 2 aromatic rings. The monoisotopic (exact) mass is 368 g/mol. The normalized spacial score (nSPS) is 20.7. The van der Waals surface area contributed by atoms with E-state index in [0.29, 0.717) is 6.42 Å². The molecular formula is C21H28N4O2. The van der Waals surface area contributed by atoms with Crippen molar-refractivity contribution in [3.05, 3.63) is 42.2 Å². The van der Waals surface area contributed by atoms with Gasteiger partial charge >= 0.3 is 0 Å². The van der Waals surface area contributed by atoms with Crippen molar-refractivity contribution in [1.29, 1.82) is 0 Å². The van der Waals surface area contributed by atoms with Crippen molar-refractivity contribution >= 4 is 5.91 Å². The van der Waals surface area contributed by atoms with E-state index in [1.807, 2.05) is 41.3 Å². The minimum absolute atomic E-state index is 0.0314. The van der Waals surface area contributed by atoms with Gasteiger partial charge in [0.05, 0.1) is 25.0 Å². The van der Waals surface area contributed by atoms with Gasteiger partial charge in [0, 0.05) is 30.8 Å². The van der Waals surface area contributed by atoms with Crippen molar-refractivity contribution in [2.75, 3.05) is 26.7 Å². The van der Waals surface area contributed by atoms with Gasteiger partial charge in [-0.2, -0.15) is 5.10 Å². The molecule has 3 heterocycles. The predicted octanol–water partition coefficient (Wildman–Crippen LogP) is 2.93. The summed E-state index contributed by atoms with van der Waals surface area (Å²) in [7, 11) is 1.66. The second kappa shape index (κ2) is 7.35. The van der Waals surface area contributed by atoms with Gasteiger partial charge < -0.3 is 15.0 Å². The van der Waals surface area contributed by atoms with Crippen LogP contribution in [0.2, 0.25) is 0 Å². The highest BCUT2D eigenvalue weighted by atomic mass is 16.5. The predicted molar refractivity (Wildman–Crippen MR) is 104 cm³/mol. The van der Waals surface area contributed by atoms with Gasteiger partial charge in [-0.25, -0.2) is 4.68 Å². The average Bonchev–Trinajstić information content (AvgIpc) is 3.20.